The van der Waals surface area contributed by atoms with E-state index in [1.54, 1.807) is 0 Å². The van der Waals surface area contributed by atoms with Gasteiger partial charge in [-0.1, -0.05) is 25.9 Å². The second kappa shape index (κ2) is 10.7. The summed E-state index contributed by atoms with van der Waals surface area (Å²) in [6, 6.07) is 0. The van der Waals surface area contributed by atoms with E-state index in [1.165, 1.54) is 0 Å². The minimum atomic E-state index is -1.07. The molecular weight excluding hydrogens is 219 g/mol. The molecule has 0 fully saturated rings. The molecule has 0 saturated carbocycles. The van der Waals surface area contributed by atoms with Gasteiger partial charge < -0.3 is 14.6 Å². The number of ether oxygens (including phenoxy) is 2. The molecule has 0 bridgehead atoms. The molecule has 0 rings (SSSR count). The van der Waals surface area contributed by atoms with Crippen molar-refractivity contribution in [3.63, 3.8) is 0 Å². The van der Waals surface area contributed by atoms with E-state index in [-0.39, 0.29) is 64.6 Å². The Morgan fingerprint density at radius 1 is 1.07 bits per heavy atom. The SMILES string of the molecule is CCOCC([O-])(COCC)CC(C)C.[K+]. The molecule has 0 unspecified atom stereocenters. The van der Waals surface area contributed by atoms with Gasteiger partial charge in [0.1, 0.15) is 0 Å². The first-order chi connectivity index (χ1) is 6.54. The van der Waals surface area contributed by atoms with Crippen molar-refractivity contribution < 1.29 is 66.0 Å². The van der Waals surface area contributed by atoms with Crippen molar-refractivity contribution >= 4 is 0 Å². The summed E-state index contributed by atoms with van der Waals surface area (Å²) in [4.78, 5) is 0. The summed E-state index contributed by atoms with van der Waals surface area (Å²) in [5.74, 6) is 0.383. The van der Waals surface area contributed by atoms with Gasteiger partial charge >= 0.3 is 51.4 Å². The maximum absolute atomic E-state index is 12.2. The van der Waals surface area contributed by atoms with E-state index in [1.807, 2.05) is 27.7 Å². The van der Waals surface area contributed by atoms with Crippen LogP contribution >= 0.6 is 0 Å². The summed E-state index contributed by atoms with van der Waals surface area (Å²) >= 11 is 0. The van der Waals surface area contributed by atoms with Crippen LogP contribution in [0, 0.1) is 5.92 Å². The van der Waals surface area contributed by atoms with Crippen LogP contribution in [0.15, 0.2) is 0 Å². The van der Waals surface area contributed by atoms with E-state index in [0.29, 0.717) is 25.6 Å². The van der Waals surface area contributed by atoms with E-state index in [4.69, 9.17) is 9.47 Å². The molecule has 0 aliphatic carbocycles. The fourth-order valence-corrected chi connectivity index (χ4v) is 1.48. The van der Waals surface area contributed by atoms with Crippen LogP contribution in [-0.4, -0.2) is 32.0 Å². The number of hydrogen-bond donors (Lipinski definition) is 0. The fraction of sp³-hybridized carbons (Fsp3) is 1.00. The second-order valence-electron chi connectivity index (χ2n) is 4.06. The Bertz CT molecular complexity index is 132. The van der Waals surface area contributed by atoms with Crippen LogP contribution in [-0.2, 0) is 9.47 Å². The van der Waals surface area contributed by atoms with Gasteiger partial charge in [0.05, 0.1) is 0 Å². The Kier molecular flexibility index (Phi) is 13.4. The summed E-state index contributed by atoms with van der Waals surface area (Å²) in [6.45, 7) is 9.58. The molecule has 0 aromatic carbocycles. The van der Waals surface area contributed by atoms with Crippen molar-refractivity contribution in [3.8, 4) is 0 Å². The molecule has 0 aliphatic rings. The van der Waals surface area contributed by atoms with Gasteiger partial charge in [0, 0.05) is 26.4 Å². The molecule has 0 saturated heterocycles. The summed E-state index contributed by atoms with van der Waals surface area (Å²) in [6.07, 6.45) is 0.604. The van der Waals surface area contributed by atoms with Gasteiger partial charge in [0.2, 0.25) is 0 Å². The van der Waals surface area contributed by atoms with Crippen molar-refractivity contribution in [1.29, 1.82) is 0 Å². The van der Waals surface area contributed by atoms with E-state index < -0.39 is 5.60 Å². The topological polar surface area (TPSA) is 41.5 Å². The number of hydrogen-bond acceptors (Lipinski definition) is 3. The molecular formula is C11H23KO3. The maximum Gasteiger partial charge on any atom is 1.00 e. The van der Waals surface area contributed by atoms with Crippen molar-refractivity contribution in [3.05, 3.63) is 0 Å². The Hall–Kier alpha value is 1.52. The molecule has 0 N–H and O–H groups in total. The summed E-state index contributed by atoms with van der Waals surface area (Å²) in [5, 5.41) is 12.2. The monoisotopic (exact) mass is 242 g/mol. The van der Waals surface area contributed by atoms with Gasteiger partial charge in [-0.2, -0.15) is 0 Å². The molecule has 0 atom stereocenters. The van der Waals surface area contributed by atoms with Crippen molar-refractivity contribution in [1.82, 2.24) is 0 Å². The van der Waals surface area contributed by atoms with Gasteiger partial charge in [0.25, 0.3) is 0 Å². The van der Waals surface area contributed by atoms with Gasteiger partial charge in [-0.3, -0.25) is 0 Å². The first-order valence-electron chi connectivity index (χ1n) is 5.40. The molecule has 0 spiro atoms. The molecule has 0 aromatic heterocycles. The van der Waals surface area contributed by atoms with Crippen LogP contribution in [0.1, 0.15) is 34.1 Å². The van der Waals surface area contributed by atoms with Crippen LogP contribution in [0.3, 0.4) is 0 Å². The Morgan fingerprint density at radius 3 is 1.73 bits per heavy atom. The predicted octanol–water partition coefficient (Wildman–Crippen LogP) is -1.79. The molecule has 4 heteroatoms. The first kappa shape index (κ1) is 18.9. The zero-order valence-corrected chi connectivity index (χ0v) is 14.0. The van der Waals surface area contributed by atoms with Gasteiger partial charge in [-0.05, 0) is 19.8 Å². The smallest absolute Gasteiger partial charge is 0.846 e. The third-order valence-electron chi connectivity index (χ3n) is 1.92. The van der Waals surface area contributed by atoms with Crippen LogP contribution in [0.4, 0.5) is 0 Å². The van der Waals surface area contributed by atoms with Crippen molar-refractivity contribution in [2.45, 2.75) is 39.7 Å². The average molecular weight is 242 g/mol. The van der Waals surface area contributed by atoms with Gasteiger partial charge in [0.15, 0.2) is 0 Å². The molecule has 86 valence electrons. The molecule has 15 heavy (non-hydrogen) atoms. The number of rotatable bonds is 8. The fourth-order valence-electron chi connectivity index (χ4n) is 1.48. The molecule has 0 heterocycles. The van der Waals surface area contributed by atoms with Crippen molar-refractivity contribution in [2.75, 3.05) is 26.4 Å². The quantitative estimate of drug-likeness (QED) is 0.472. The summed E-state index contributed by atoms with van der Waals surface area (Å²) in [7, 11) is 0. The average Bonchev–Trinajstić information content (AvgIpc) is 2.11. The third-order valence-corrected chi connectivity index (χ3v) is 1.92. The molecule has 0 amide bonds. The Labute approximate surface area is 136 Å². The first-order valence-corrected chi connectivity index (χ1v) is 5.40. The standard InChI is InChI=1S/C11H23O3.K/c1-5-13-8-11(12,7-10(3)4)9-14-6-2;/h10H,5-9H2,1-4H3;/q-1;+1. The van der Waals surface area contributed by atoms with Crippen molar-refractivity contribution in [2.24, 2.45) is 5.92 Å². The van der Waals surface area contributed by atoms with E-state index in [9.17, 15) is 5.11 Å². The van der Waals surface area contributed by atoms with Gasteiger partial charge in [-0.25, -0.2) is 0 Å². The summed E-state index contributed by atoms with van der Waals surface area (Å²) < 4.78 is 10.4. The minimum absolute atomic E-state index is 0. The Morgan fingerprint density at radius 2 is 1.47 bits per heavy atom. The minimum Gasteiger partial charge on any atom is -0.846 e. The molecule has 3 nitrogen and oxygen atoms in total. The van der Waals surface area contributed by atoms with Crippen LogP contribution < -0.4 is 56.5 Å². The predicted molar refractivity (Wildman–Crippen MR) is 55.2 cm³/mol. The van der Waals surface area contributed by atoms with Gasteiger partial charge in [-0.15, -0.1) is 0 Å². The maximum atomic E-state index is 12.2. The van der Waals surface area contributed by atoms with Crippen LogP contribution in [0.2, 0.25) is 0 Å². The normalized spacial score (nSPS) is 11.6. The van der Waals surface area contributed by atoms with E-state index in [2.05, 4.69) is 0 Å². The van der Waals surface area contributed by atoms with Crippen LogP contribution in [0.5, 0.6) is 0 Å². The zero-order chi connectivity index (χ0) is 11.0. The molecule has 0 aliphatic heterocycles. The van der Waals surface area contributed by atoms with E-state index in [0.717, 1.165) is 0 Å². The van der Waals surface area contributed by atoms with Crippen LogP contribution in [0.25, 0.3) is 0 Å². The molecule has 0 radical (unpaired) electrons. The van der Waals surface area contributed by atoms with E-state index >= 15 is 0 Å². The third kappa shape index (κ3) is 10.4. The zero-order valence-electron chi connectivity index (χ0n) is 10.8. The summed E-state index contributed by atoms with van der Waals surface area (Å²) in [5.41, 5.74) is -1.07. The largest absolute Gasteiger partial charge is 1.00 e. The second-order valence-corrected chi connectivity index (χ2v) is 4.06. The molecule has 0 aromatic rings. The Balaban J connectivity index is 0.